The SMILES string of the molecule is COCCN(C(=O)CCSc1ccc(OC)cc1)c1c(N)n(Cc2ccccc2)c(=O)[nH]c1=O. The summed E-state index contributed by atoms with van der Waals surface area (Å²) in [6.45, 7) is 0.488. The van der Waals surface area contributed by atoms with E-state index in [2.05, 4.69) is 4.98 Å². The molecule has 0 bridgehead atoms. The zero-order valence-electron chi connectivity index (χ0n) is 19.2. The van der Waals surface area contributed by atoms with Crippen molar-refractivity contribution in [3.8, 4) is 5.75 Å². The average Bonchev–Trinajstić information content (AvgIpc) is 2.84. The van der Waals surface area contributed by atoms with Crippen LogP contribution < -0.4 is 26.6 Å². The number of H-pyrrole nitrogens is 1. The number of nitrogens with two attached hydrogens (primary N) is 1. The summed E-state index contributed by atoms with van der Waals surface area (Å²) in [7, 11) is 3.11. The molecular weight excluding hydrogens is 456 g/mol. The molecule has 0 spiro atoms. The second-order valence-corrected chi connectivity index (χ2v) is 8.55. The average molecular weight is 485 g/mol. The third kappa shape index (κ3) is 6.30. The smallest absolute Gasteiger partial charge is 0.330 e. The molecular formula is C24H28N4O5S. The molecule has 0 unspecified atom stereocenters. The fraction of sp³-hybridized carbons (Fsp3) is 0.292. The van der Waals surface area contributed by atoms with Crippen LogP contribution in [0.2, 0.25) is 0 Å². The van der Waals surface area contributed by atoms with Crippen molar-refractivity contribution in [3.63, 3.8) is 0 Å². The zero-order valence-corrected chi connectivity index (χ0v) is 20.0. The second-order valence-electron chi connectivity index (χ2n) is 7.38. The zero-order chi connectivity index (χ0) is 24.5. The van der Waals surface area contributed by atoms with Gasteiger partial charge in [0.25, 0.3) is 5.56 Å². The van der Waals surface area contributed by atoms with Crippen LogP contribution >= 0.6 is 11.8 Å². The van der Waals surface area contributed by atoms with Gasteiger partial charge in [-0.3, -0.25) is 19.1 Å². The molecule has 1 amide bonds. The molecule has 3 N–H and O–H groups in total. The van der Waals surface area contributed by atoms with Crippen LogP contribution in [-0.4, -0.2) is 48.6 Å². The van der Waals surface area contributed by atoms with Crippen LogP contribution in [0.5, 0.6) is 5.75 Å². The third-order valence-corrected chi connectivity index (χ3v) is 6.15. The van der Waals surface area contributed by atoms with Crippen molar-refractivity contribution in [2.24, 2.45) is 0 Å². The van der Waals surface area contributed by atoms with Crippen molar-refractivity contribution in [3.05, 3.63) is 81.0 Å². The van der Waals surface area contributed by atoms with Crippen molar-refractivity contribution in [1.29, 1.82) is 0 Å². The highest BCUT2D eigenvalue weighted by molar-refractivity contribution is 7.99. The number of hydrogen-bond donors (Lipinski definition) is 2. The Hall–Kier alpha value is -3.50. The monoisotopic (exact) mass is 484 g/mol. The van der Waals surface area contributed by atoms with E-state index in [0.29, 0.717) is 5.75 Å². The van der Waals surface area contributed by atoms with Crippen LogP contribution in [0.1, 0.15) is 12.0 Å². The lowest BCUT2D eigenvalue weighted by Crippen LogP contribution is -2.42. The first kappa shape index (κ1) is 25.1. The summed E-state index contributed by atoms with van der Waals surface area (Å²) >= 11 is 1.51. The molecule has 0 atom stereocenters. The van der Waals surface area contributed by atoms with E-state index in [1.165, 1.54) is 28.3 Å². The molecule has 1 heterocycles. The largest absolute Gasteiger partial charge is 0.497 e. The van der Waals surface area contributed by atoms with E-state index in [-0.39, 0.29) is 43.5 Å². The van der Waals surface area contributed by atoms with Crippen LogP contribution in [0.3, 0.4) is 0 Å². The Balaban J connectivity index is 1.82. The Labute approximate surface area is 201 Å². The van der Waals surface area contributed by atoms with E-state index in [9.17, 15) is 14.4 Å². The number of nitrogens with zero attached hydrogens (tertiary/aromatic N) is 2. The Morgan fingerprint density at radius 1 is 1.09 bits per heavy atom. The molecule has 0 fully saturated rings. The van der Waals surface area contributed by atoms with Gasteiger partial charge in [-0.05, 0) is 29.8 Å². The third-order valence-electron chi connectivity index (χ3n) is 5.13. The lowest BCUT2D eigenvalue weighted by atomic mass is 10.2. The van der Waals surface area contributed by atoms with Crippen molar-refractivity contribution in [2.75, 3.05) is 43.8 Å². The summed E-state index contributed by atoms with van der Waals surface area (Å²) in [5, 5.41) is 0. The molecule has 180 valence electrons. The Kier molecular flexibility index (Phi) is 8.94. The molecule has 0 radical (unpaired) electrons. The Morgan fingerprint density at radius 2 is 1.79 bits per heavy atom. The fourth-order valence-electron chi connectivity index (χ4n) is 3.37. The summed E-state index contributed by atoms with van der Waals surface area (Å²) in [5.74, 6) is 0.896. The predicted molar refractivity (Wildman–Crippen MR) is 134 cm³/mol. The summed E-state index contributed by atoms with van der Waals surface area (Å²) < 4.78 is 11.5. The van der Waals surface area contributed by atoms with Crippen molar-refractivity contribution < 1.29 is 14.3 Å². The van der Waals surface area contributed by atoms with E-state index < -0.39 is 11.2 Å². The minimum atomic E-state index is -0.709. The van der Waals surface area contributed by atoms with Gasteiger partial charge in [-0.1, -0.05) is 30.3 Å². The highest BCUT2D eigenvalue weighted by Gasteiger charge is 2.24. The van der Waals surface area contributed by atoms with E-state index in [1.807, 2.05) is 54.6 Å². The molecule has 0 aliphatic heterocycles. The highest BCUT2D eigenvalue weighted by atomic mass is 32.2. The van der Waals surface area contributed by atoms with Gasteiger partial charge in [0.1, 0.15) is 11.6 Å². The Bertz CT molecular complexity index is 1210. The fourth-order valence-corrected chi connectivity index (χ4v) is 4.21. The van der Waals surface area contributed by atoms with Crippen molar-refractivity contribution >= 4 is 29.2 Å². The molecule has 0 aliphatic carbocycles. The van der Waals surface area contributed by atoms with Gasteiger partial charge in [0, 0.05) is 30.7 Å². The number of carbonyl (C=O) groups excluding carboxylic acids is 1. The molecule has 3 rings (SSSR count). The number of nitrogens with one attached hydrogen (secondary N) is 1. The maximum atomic E-state index is 13.1. The number of amides is 1. The normalized spacial score (nSPS) is 10.8. The molecule has 0 saturated heterocycles. The number of aromatic amines is 1. The topological polar surface area (TPSA) is 120 Å². The van der Waals surface area contributed by atoms with E-state index in [1.54, 1.807) is 7.11 Å². The van der Waals surface area contributed by atoms with E-state index >= 15 is 0 Å². The molecule has 10 heteroatoms. The number of benzene rings is 2. The van der Waals surface area contributed by atoms with Crippen LogP contribution in [0.15, 0.2) is 69.1 Å². The molecule has 0 aliphatic rings. The maximum Gasteiger partial charge on any atom is 0.330 e. The maximum absolute atomic E-state index is 13.1. The predicted octanol–water partition coefficient (Wildman–Crippen LogP) is 2.34. The Morgan fingerprint density at radius 3 is 2.44 bits per heavy atom. The number of hydrogen-bond acceptors (Lipinski definition) is 7. The summed E-state index contributed by atoms with van der Waals surface area (Å²) in [6, 6.07) is 16.8. The van der Waals surface area contributed by atoms with Crippen molar-refractivity contribution in [2.45, 2.75) is 17.9 Å². The lowest BCUT2D eigenvalue weighted by Gasteiger charge is -2.24. The van der Waals surface area contributed by atoms with E-state index in [4.69, 9.17) is 15.2 Å². The molecule has 2 aromatic carbocycles. The van der Waals surface area contributed by atoms with Crippen LogP contribution in [-0.2, 0) is 16.1 Å². The van der Waals surface area contributed by atoms with Crippen LogP contribution in [0.4, 0.5) is 11.5 Å². The number of anilines is 2. The molecule has 9 nitrogen and oxygen atoms in total. The number of nitrogen functional groups attached to an aromatic ring is 1. The quantitative estimate of drug-likeness (QED) is 0.401. The van der Waals surface area contributed by atoms with Gasteiger partial charge in [0.05, 0.1) is 20.3 Å². The van der Waals surface area contributed by atoms with Gasteiger partial charge in [0.15, 0.2) is 5.69 Å². The van der Waals surface area contributed by atoms with Gasteiger partial charge < -0.3 is 20.1 Å². The first-order valence-corrected chi connectivity index (χ1v) is 11.7. The molecule has 3 aromatic rings. The van der Waals surface area contributed by atoms with Gasteiger partial charge in [-0.25, -0.2) is 4.79 Å². The number of rotatable bonds is 11. The van der Waals surface area contributed by atoms with Gasteiger partial charge >= 0.3 is 5.69 Å². The summed E-state index contributed by atoms with van der Waals surface area (Å²) in [4.78, 5) is 42.9. The number of carbonyl (C=O) groups is 1. The lowest BCUT2D eigenvalue weighted by molar-refractivity contribution is -0.118. The molecule has 1 aromatic heterocycles. The van der Waals surface area contributed by atoms with Crippen LogP contribution in [0.25, 0.3) is 0 Å². The minimum absolute atomic E-state index is 0.0490. The first-order chi connectivity index (χ1) is 16.4. The first-order valence-electron chi connectivity index (χ1n) is 10.7. The standard InChI is InChI=1S/C24H28N4O5S/c1-32-14-13-27(20(29)12-15-34-19-10-8-18(33-2)9-11-19)21-22(25)28(24(31)26-23(21)30)16-17-6-4-3-5-7-17/h3-11H,12-16,25H2,1-2H3,(H,26,30,31). The van der Waals surface area contributed by atoms with Crippen molar-refractivity contribution in [1.82, 2.24) is 9.55 Å². The second kappa shape index (κ2) is 12.1. The van der Waals surface area contributed by atoms with Gasteiger partial charge in [-0.15, -0.1) is 11.8 Å². The highest BCUT2D eigenvalue weighted by Crippen LogP contribution is 2.23. The summed E-state index contributed by atoms with van der Waals surface area (Å²) in [6.07, 6.45) is 0.164. The number of methoxy groups -OCH3 is 2. The number of ether oxygens (including phenoxy) is 2. The molecule has 0 saturated carbocycles. The molecule has 34 heavy (non-hydrogen) atoms. The van der Waals surface area contributed by atoms with Gasteiger partial charge in [0.2, 0.25) is 5.91 Å². The van der Waals surface area contributed by atoms with Crippen LogP contribution in [0, 0.1) is 0 Å². The van der Waals surface area contributed by atoms with Gasteiger partial charge in [-0.2, -0.15) is 0 Å². The number of aromatic nitrogens is 2. The van der Waals surface area contributed by atoms with E-state index in [0.717, 1.165) is 16.2 Å². The number of thioether (sulfide) groups is 1. The minimum Gasteiger partial charge on any atom is -0.497 e. The summed E-state index contributed by atoms with van der Waals surface area (Å²) in [5.41, 5.74) is 5.72.